The maximum Gasteiger partial charge on any atom is 0.115 e. The zero-order chi connectivity index (χ0) is 16.1. The standard InChI is InChI=1S/C21H27NO/c1-2-22(14-13-17-7-4-3-5-8-17)16-19-10-6-9-18-15-20(23)11-12-21(18)19/h3-5,7-8,11-12,15,19,23H,2,6,9-10,13-14,16H2,1H3. The highest BCUT2D eigenvalue weighted by Gasteiger charge is 2.22. The molecule has 1 aliphatic rings. The monoisotopic (exact) mass is 309 g/mol. The van der Waals surface area contributed by atoms with Crippen LogP contribution < -0.4 is 0 Å². The second-order valence-electron chi connectivity index (χ2n) is 6.60. The lowest BCUT2D eigenvalue weighted by atomic mass is 9.82. The fourth-order valence-electron chi connectivity index (χ4n) is 3.71. The van der Waals surface area contributed by atoms with Crippen molar-refractivity contribution in [2.24, 2.45) is 0 Å². The zero-order valence-electron chi connectivity index (χ0n) is 14.0. The minimum atomic E-state index is 0.404. The van der Waals surface area contributed by atoms with Crippen molar-refractivity contribution in [3.63, 3.8) is 0 Å². The Balaban J connectivity index is 1.63. The van der Waals surface area contributed by atoms with Crippen LogP contribution in [0, 0.1) is 0 Å². The van der Waals surface area contributed by atoms with Gasteiger partial charge >= 0.3 is 0 Å². The van der Waals surface area contributed by atoms with Crippen molar-refractivity contribution in [3.8, 4) is 5.75 Å². The molecule has 0 saturated carbocycles. The molecular formula is C21H27NO. The van der Waals surface area contributed by atoms with Crippen molar-refractivity contribution in [2.75, 3.05) is 19.6 Å². The van der Waals surface area contributed by atoms with Gasteiger partial charge in [0.25, 0.3) is 0 Å². The molecule has 2 aromatic carbocycles. The van der Waals surface area contributed by atoms with Crippen molar-refractivity contribution in [3.05, 3.63) is 65.2 Å². The molecule has 0 aromatic heterocycles. The van der Waals surface area contributed by atoms with E-state index < -0.39 is 0 Å². The van der Waals surface area contributed by atoms with E-state index in [1.807, 2.05) is 12.1 Å². The van der Waals surface area contributed by atoms with E-state index in [2.05, 4.69) is 48.2 Å². The molecule has 0 heterocycles. The number of benzene rings is 2. The fourth-order valence-corrected chi connectivity index (χ4v) is 3.71. The molecule has 23 heavy (non-hydrogen) atoms. The third kappa shape index (κ3) is 4.14. The van der Waals surface area contributed by atoms with E-state index in [1.165, 1.54) is 29.5 Å². The van der Waals surface area contributed by atoms with Crippen molar-refractivity contribution in [1.82, 2.24) is 4.90 Å². The van der Waals surface area contributed by atoms with Gasteiger partial charge in [0.05, 0.1) is 0 Å². The van der Waals surface area contributed by atoms with Crippen molar-refractivity contribution in [2.45, 2.75) is 38.5 Å². The summed E-state index contributed by atoms with van der Waals surface area (Å²) in [4.78, 5) is 2.57. The van der Waals surface area contributed by atoms with Crippen LogP contribution >= 0.6 is 0 Å². The van der Waals surface area contributed by atoms with Gasteiger partial charge in [0.15, 0.2) is 0 Å². The normalized spacial score (nSPS) is 17.2. The van der Waals surface area contributed by atoms with Gasteiger partial charge in [-0.05, 0) is 67.0 Å². The zero-order valence-corrected chi connectivity index (χ0v) is 14.0. The molecule has 1 aliphatic carbocycles. The van der Waals surface area contributed by atoms with Crippen LogP contribution in [0.2, 0.25) is 0 Å². The summed E-state index contributed by atoms with van der Waals surface area (Å²) in [5.74, 6) is 1.01. The quantitative estimate of drug-likeness (QED) is 0.856. The van der Waals surface area contributed by atoms with Gasteiger partial charge in [-0.3, -0.25) is 0 Å². The predicted octanol–water partition coefficient (Wildman–Crippen LogP) is 4.38. The maximum absolute atomic E-state index is 9.70. The molecule has 1 atom stereocenters. The highest BCUT2D eigenvalue weighted by molar-refractivity contribution is 5.38. The molecule has 0 saturated heterocycles. The van der Waals surface area contributed by atoms with E-state index in [-0.39, 0.29) is 0 Å². The topological polar surface area (TPSA) is 23.5 Å². The van der Waals surface area contributed by atoms with Gasteiger partial charge in [-0.1, -0.05) is 43.3 Å². The summed E-state index contributed by atoms with van der Waals surface area (Å²) in [6, 6.07) is 16.7. The summed E-state index contributed by atoms with van der Waals surface area (Å²) in [5, 5.41) is 9.70. The number of nitrogens with zero attached hydrogens (tertiary/aromatic N) is 1. The third-order valence-electron chi connectivity index (χ3n) is 5.05. The van der Waals surface area contributed by atoms with E-state index >= 15 is 0 Å². The lowest BCUT2D eigenvalue weighted by Gasteiger charge is -2.31. The Morgan fingerprint density at radius 2 is 1.96 bits per heavy atom. The summed E-state index contributed by atoms with van der Waals surface area (Å²) in [6.45, 7) is 5.59. The second kappa shape index (κ2) is 7.65. The van der Waals surface area contributed by atoms with Gasteiger partial charge in [0, 0.05) is 13.1 Å². The highest BCUT2D eigenvalue weighted by atomic mass is 16.3. The minimum absolute atomic E-state index is 0.404. The van der Waals surface area contributed by atoms with E-state index in [1.54, 1.807) is 0 Å². The highest BCUT2D eigenvalue weighted by Crippen LogP contribution is 2.34. The molecule has 2 heteroatoms. The van der Waals surface area contributed by atoms with Gasteiger partial charge < -0.3 is 10.0 Å². The Hall–Kier alpha value is -1.80. The smallest absolute Gasteiger partial charge is 0.115 e. The molecule has 122 valence electrons. The lowest BCUT2D eigenvalue weighted by Crippen LogP contribution is -2.31. The lowest BCUT2D eigenvalue weighted by molar-refractivity contribution is 0.262. The predicted molar refractivity (Wildman–Crippen MR) is 96.0 cm³/mol. The summed E-state index contributed by atoms with van der Waals surface area (Å²) in [7, 11) is 0. The first kappa shape index (κ1) is 16.1. The van der Waals surface area contributed by atoms with Crippen LogP contribution in [-0.2, 0) is 12.8 Å². The minimum Gasteiger partial charge on any atom is -0.508 e. The van der Waals surface area contributed by atoms with E-state index in [0.29, 0.717) is 11.7 Å². The fraction of sp³-hybridized carbons (Fsp3) is 0.429. The Morgan fingerprint density at radius 1 is 1.13 bits per heavy atom. The van der Waals surface area contributed by atoms with Gasteiger partial charge in [0.2, 0.25) is 0 Å². The van der Waals surface area contributed by atoms with Gasteiger partial charge in [-0.15, -0.1) is 0 Å². The molecule has 0 radical (unpaired) electrons. The molecule has 0 aliphatic heterocycles. The average molecular weight is 309 g/mol. The summed E-state index contributed by atoms with van der Waals surface area (Å²) < 4.78 is 0. The number of aryl methyl sites for hydroxylation is 1. The number of hydrogen-bond donors (Lipinski definition) is 1. The molecule has 0 amide bonds. The molecule has 3 rings (SSSR count). The van der Waals surface area contributed by atoms with Crippen LogP contribution in [0.4, 0.5) is 0 Å². The maximum atomic E-state index is 9.70. The average Bonchev–Trinajstić information content (AvgIpc) is 2.59. The van der Waals surface area contributed by atoms with Gasteiger partial charge in [-0.2, -0.15) is 0 Å². The molecular weight excluding hydrogens is 282 g/mol. The van der Waals surface area contributed by atoms with E-state index in [0.717, 1.165) is 32.5 Å². The largest absolute Gasteiger partial charge is 0.508 e. The Labute approximate surface area is 139 Å². The molecule has 2 aromatic rings. The third-order valence-corrected chi connectivity index (χ3v) is 5.05. The Bertz CT molecular complexity index is 623. The number of phenolic OH excluding ortho intramolecular Hbond substituents is 1. The first-order valence-electron chi connectivity index (χ1n) is 8.84. The molecule has 1 N–H and O–H groups in total. The van der Waals surface area contributed by atoms with E-state index in [4.69, 9.17) is 0 Å². The number of likely N-dealkylation sites (N-methyl/N-ethyl adjacent to an activating group) is 1. The molecule has 1 unspecified atom stereocenters. The van der Waals surface area contributed by atoms with E-state index in [9.17, 15) is 5.11 Å². The number of aromatic hydroxyl groups is 1. The Kier molecular flexibility index (Phi) is 5.35. The van der Waals surface area contributed by atoms with Crippen LogP contribution in [0.15, 0.2) is 48.5 Å². The summed E-state index contributed by atoms with van der Waals surface area (Å²) in [5.41, 5.74) is 4.22. The first-order chi connectivity index (χ1) is 11.3. The van der Waals surface area contributed by atoms with Crippen LogP contribution in [-0.4, -0.2) is 29.6 Å². The molecule has 0 bridgehead atoms. The summed E-state index contributed by atoms with van der Waals surface area (Å²) >= 11 is 0. The number of rotatable bonds is 6. The van der Waals surface area contributed by atoms with Crippen molar-refractivity contribution >= 4 is 0 Å². The summed E-state index contributed by atoms with van der Waals surface area (Å²) in [6.07, 6.45) is 4.72. The molecule has 2 nitrogen and oxygen atoms in total. The number of fused-ring (bicyclic) bond motifs is 1. The first-order valence-corrected chi connectivity index (χ1v) is 8.84. The SMILES string of the molecule is CCN(CCc1ccccc1)CC1CCCc2cc(O)ccc21. The van der Waals surface area contributed by atoms with Crippen LogP contribution in [0.3, 0.4) is 0 Å². The molecule has 0 fully saturated rings. The van der Waals surface area contributed by atoms with Gasteiger partial charge in [-0.25, -0.2) is 0 Å². The second-order valence-corrected chi connectivity index (χ2v) is 6.60. The Morgan fingerprint density at radius 3 is 2.74 bits per heavy atom. The van der Waals surface area contributed by atoms with Crippen molar-refractivity contribution in [1.29, 1.82) is 0 Å². The van der Waals surface area contributed by atoms with Crippen molar-refractivity contribution < 1.29 is 5.11 Å². The van der Waals surface area contributed by atoms with Gasteiger partial charge in [0.1, 0.15) is 5.75 Å². The number of hydrogen-bond acceptors (Lipinski definition) is 2. The van der Waals surface area contributed by atoms with Crippen LogP contribution in [0.1, 0.15) is 42.4 Å². The van der Waals surface area contributed by atoms with Crippen LogP contribution in [0.5, 0.6) is 5.75 Å². The number of phenols is 1. The van der Waals surface area contributed by atoms with Crippen LogP contribution in [0.25, 0.3) is 0 Å². The molecule has 0 spiro atoms.